The summed E-state index contributed by atoms with van der Waals surface area (Å²) in [4.78, 5) is 14.0. The maximum Gasteiger partial charge on any atom is 0.314 e. The Morgan fingerprint density at radius 2 is 1.87 bits per heavy atom. The van der Waals surface area contributed by atoms with Crippen LogP contribution in [0, 0.1) is 5.92 Å². The molecule has 0 saturated carbocycles. The van der Waals surface area contributed by atoms with Gasteiger partial charge in [0.2, 0.25) is 0 Å². The summed E-state index contributed by atoms with van der Waals surface area (Å²) in [6, 6.07) is 10.2. The third-order valence-electron chi connectivity index (χ3n) is 3.47. The number of nitrogens with zero attached hydrogens (tertiary/aromatic N) is 1. The number of likely N-dealkylation sites (N-methyl/N-ethyl adjacent to an activating group) is 1. The van der Waals surface area contributed by atoms with Crippen molar-refractivity contribution in [3.05, 3.63) is 35.9 Å². The number of benzene rings is 1. The van der Waals surface area contributed by atoms with E-state index in [9.17, 15) is 4.79 Å². The fourth-order valence-corrected chi connectivity index (χ4v) is 2.22. The predicted octanol–water partition coefficient (Wildman–Crippen LogP) is 2.65. The average molecular weight is 321 g/mol. The molecule has 0 saturated heterocycles. The van der Waals surface area contributed by atoms with Gasteiger partial charge in [-0.1, -0.05) is 44.2 Å². The Hall–Kier alpha value is -1.59. The number of urea groups is 1. The van der Waals surface area contributed by atoms with Crippen LogP contribution >= 0.6 is 0 Å². The number of nitrogens with one attached hydrogen (secondary N) is 2. The fraction of sp³-hybridized carbons (Fsp3) is 0.611. The highest BCUT2D eigenvalue weighted by Gasteiger charge is 2.14. The first-order valence-electron chi connectivity index (χ1n) is 8.31. The van der Waals surface area contributed by atoms with Gasteiger partial charge >= 0.3 is 6.03 Å². The summed E-state index contributed by atoms with van der Waals surface area (Å²) in [5, 5.41) is 5.81. The van der Waals surface area contributed by atoms with Gasteiger partial charge in [0, 0.05) is 26.3 Å². The van der Waals surface area contributed by atoms with Crippen LogP contribution in [0.1, 0.15) is 31.9 Å². The number of carbonyl (C=O) groups is 1. The van der Waals surface area contributed by atoms with Crippen molar-refractivity contribution in [2.45, 2.75) is 26.3 Å². The lowest BCUT2D eigenvalue weighted by atomic mass is 10.1. The van der Waals surface area contributed by atoms with E-state index in [4.69, 9.17) is 4.74 Å². The molecule has 0 aliphatic carbocycles. The van der Waals surface area contributed by atoms with Crippen LogP contribution in [0.4, 0.5) is 4.79 Å². The van der Waals surface area contributed by atoms with Crippen molar-refractivity contribution in [3.63, 3.8) is 0 Å². The number of ether oxygens (including phenoxy) is 1. The molecule has 5 nitrogen and oxygen atoms in total. The predicted molar refractivity (Wildman–Crippen MR) is 94.5 cm³/mol. The van der Waals surface area contributed by atoms with Crippen LogP contribution in [-0.4, -0.2) is 51.3 Å². The topological polar surface area (TPSA) is 53.6 Å². The highest BCUT2D eigenvalue weighted by Crippen LogP contribution is 2.16. The average Bonchev–Trinajstić information content (AvgIpc) is 2.51. The minimum Gasteiger partial charge on any atom is -0.381 e. The summed E-state index contributed by atoms with van der Waals surface area (Å²) in [5.74, 6) is 0.548. The van der Waals surface area contributed by atoms with Crippen LogP contribution in [0.2, 0.25) is 0 Å². The molecule has 1 aromatic rings. The molecule has 1 unspecified atom stereocenters. The molecule has 130 valence electrons. The van der Waals surface area contributed by atoms with Gasteiger partial charge in [0.25, 0.3) is 0 Å². The van der Waals surface area contributed by atoms with E-state index in [1.54, 1.807) is 0 Å². The van der Waals surface area contributed by atoms with E-state index in [0.717, 1.165) is 13.0 Å². The van der Waals surface area contributed by atoms with E-state index in [0.29, 0.717) is 25.6 Å². The molecule has 0 radical (unpaired) electrons. The number of rotatable bonds is 10. The lowest BCUT2D eigenvalue weighted by molar-refractivity contribution is 0.108. The number of hydrogen-bond acceptors (Lipinski definition) is 3. The quantitative estimate of drug-likeness (QED) is 0.651. The van der Waals surface area contributed by atoms with E-state index in [-0.39, 0.29) is 12.1 Å². The molecule has 1 atom stereocenters. The van der Waals surface area contributed by atoms with Crippen molar-refractivity contribution >= 4 is 6.03 Å². The molecule has 23 heavy (non-hydrogen) atoms. The lowest BCUT2D eigenvalue weighted by Gasteiger charge is -2.25. The van der Waals surface area contributed by atoms with Gasteiger partial charge in [-0.2, -0.15) is 0 Å². The van der Waals surface area contributed by atoms with E-state index in [2.05, 4.69) is 41.5 Å². The third kappa shape index (κ3) is 8.57. The zero-order valence-corrected chi connectivity index (χ0v) is 14.8. The lowest BCUT2D eigenvalue weighted by Crippen LogP contribution is -2.41. The largest absolute Gasteiger partial charge is 0.381 e. The second-order valence-electron chi connectivity index (χ2n) is 6.35. The van der Waals surface area contributed by atoms with Gasteiger partial charge in [0.1, 0.15) is 0 Å². The van der Waals surface area contributed by atoms with Crippen LogP contribution in [-0.2, 0) is 4.74 Å². The molecule has 0 bridgehead atoms. The molecule has 0 heterocycles. The molecule has 0 aliphatic heterocycles. The Bertz CT molecular complexity index is 435. The number of carbonyl (C=O) groups excluding carboxylic acids is 1. The maximum atomic E-state index is 11.9. The molecular formula is C18H31N3O2. The summed E-state index contributed by atoms with van der Waals surface area (Å²) < 4.78 is 5.49. The molecule has 0 fully saturated rings. The Balaban J connectivity index is 2.23. The summed E-state index contributed by atoms with van der Waals surface area (Å²) in [6.07, 6.45) is 0.829. The first-order chi connectivity index (χ1) is 11.0. The molecule has 1 rings (SSSR count). The molecule has 5 heteroatoms. The second kappa shape index (κ2) is 11.0. The minimum atomic E-state index is -0.128. The Morgan fingerprint density at radius 1 is 1.17 bits per heavy atom. The van der Waals surface area contributed by atoms with Crippen molar-refractivity contribution in [1.29, 1.82) is 0 Å². The molecule has 0 spiro atoms. The zero-order chi connectivity index (χ0) is 17.1. The maximum absolute atomic E-state index is 11.9. The zero-order valence-electron chi connectivity index (χ0n) is 14.8. The van der Waals surface area contributed by atoms with E-state index < -0.39 is 0 Å². The van der Waals surface area contributed by atoms with Crippen molar-refractivity contribution in [1.82, 2.24) is 15.5 Å². The van der Waals surface area contributed by atoms with Crippen LogP contribution in [0.3, 0.4) is 0 Å². The highest BCUT2D eigenvalue weighted by atomic mass is 16.5. The van der Waals surface area contributed by atoms with Crippen molar-refractivity contribution in [2.24, 2.45) is 5.92 Å². The second-order valence-corrected chi connectivity index (χ2v) is 6.35. The van der Waals surface area contributed by atoms with Crippen molar-refractivity contribution in [2.75, 3.05) is 40.4 Å². The van der Waals surface area contributed by atoms with Gasteiger partial charge in [-0.3, -0.25) is 0 Å². The van der Waals surface area contributed by atoms with Crippen molar-refractivity contribution in [3.8, 4) is 0 Å². The van der Waals surface area contributed by atoms with Gasteiger partial charge in [-0.15, -0.1) is 0 Å². The summed E-state index contributed by atoms with van der Waals surface area (Å²) in [7, 11) is 4.03. The van der Waals surface area contributed by atoms with E-state index in [1.807, 2.05) is 32.3 Å². The molecule has 1 aromatic carbocycles. The molecule has 2 amide bonds. The summed E-state index contributed by atoms with van der Waals surface area (Å²) in [6.45, 7) is 6.91. The molecule has 2 N–H and O–H groups in total. The SMILES string of the molecule is CC(C)COCCCNC(=O)NCC(c1ccccc1)N(C)C. The normalized spacial score (nSPS) is 12.4. The minimum absolute atomic E-state index is 0.128. The highest BCUT2D eigenvalue weighted by molar-refractivity contribution is 5.73. The monoisotopic (exact) mass is 321 g/mol. The van der Waals surface area contributed by atoms with Crippen LogP contribution in [0.15, 0.2) is 30.3 Å². The molecule has 0 aliphatic rings. The summed E-state index contributed by atoms with van der Waals surface area (Å²) in [5.41, 5.74) is 1.19. The van der Waals surface area contributed by atoms with Crippen LogP contribution < -0.4 is 10.6 Å². The van der Waals surface area contributed by atoms with E-state index >= 15 is 0 Å². The van der Waals surface area contributed by atoms with Gasteiger partial charge in [0.05, 0.1) is 6.04 Å². The van der Waals surface area contributed by atoms with Crippen LogP contribution in [0.5, 0.6) is 0 Å². The third-order valence-corrected chi connectivity index (χ3v) is 3.47. The molecule has 0 aromatic heterocycles. The number of hydrogen-bond donors (Lipinski definition) is 2. The van der Waals surface area contributed by atoms with Gasteiger partial charge in [-0.05, 0) is 32.0 Å². The Labute approximate surface area is 140 Å². The van der Waals surface area contributed by atoms with Gasteiger partial charge in [0.15, 0.2) is 0 Å². The fourth-order valence-electron chi connectivity index (χ4n) is 2.22. The van der Waals surface area contributed by atoms with Crippen molar-refractivity contribution < 1.29 is 9.53 Å². The van der Waals surface area contributed by atoms with Crippen LogP contribution in [0.25, 0.3) is 0 Å². The standard InChI is InChI=1S/C18H31N3O2/c1-15(2)14-23-12-8-11-19-18(22)20-13-17(21(3)4)16-9-6-5-7-10-16/h5-7,9-10,15,17H,8,11-14H2,1-4H3,(H2,19,20,22). The number of amides is 2. The summed E-state index contributed by atoms with van der Waals surface area (Å²) >= 11 is 0. The smallest absolute Gasteiger partial charge is 0.314 e. The Kier molecular flexibility index (Phi) is 9.33. The first kappa shape index (κ1) is 19.5. The molecular weight excluding hydrogens is 290 g/mol. The van der Waals surface area contributed by atoms with E-state index in [1.165, 1.54) is 5.56 Å². The first-order valence-corrected chi connectivity index (χ1v) is 8.31. The van der Waals surface area contributed by atoms with Gasteiger partial charge in [-0.25, -0.2) is 4.79 Å². The Morgan fingerprint density at radius 3 is 2.48 bits per heavy atom. The van der Waals surface area contributed by atoms with Gasteiger partial charge < -0.3 is 20.3 Å².